The zero-order valence-corrected chi connectivity index (χ0v) is 15.6. The van der Waals surface area contributed by atoms with Gasteiger partial charge < -0.3 is 5.32 Å². The van der Waals surface area contributed by atoms with Crippen LogP contribution >= 0.6 is 11.6 Å². The number of benzene rings is 2. The molecule has 2 aromatic rings. The number of nitro groups is 1. The third-order valence-corrected chi connectivity index (χ3v) is 4.93. The number of carbonyl (C=O) groups is 1. The molecule has 1 heterocycles. The summed E-state index contributed by atoms with van der Waals surface area (Å²) in [7, 11) is 0. The highest BCUT2D eigenvalue weighted by molar-refractivity contribution is 6.31. The second-order valence-electron chi connectivity index (χ2n) is 6.47. The van der Waals surface area contributed by atoms with Crippen LogP contribution in [0, 0.1) is 10.1 Å². The molecule has 1 aliphatic heterocycles. The van der Waals surface area contributed by atoms with Gasteiger partial charge in [-0.1, -0.05) is 41.9 Å². The molecule has 0 aromatic heterocycles. The van der Waals surface area contributed by atoms with E-state index in [1.807, 2.05) is 29.2 Å². The van der Waals surface area contributed by atoms with Gasteiger partial charge in [-0.05, 0) is 17.7 Å². The average molecular weight is 389 g/mol. The predicted molar refractivity (Wildman–Crippen MR) is 105 cm³/mol. The number of nitrogens with zero attached hydrogens (tertiary/aromatic N) is 3. The molecule has 0 aliphatic carbocycles. The Morgan fingerprint density at radius 2 is 1.67 bits per heavy atom. The molecule has 3 rings (SSSR count). The minimum Gasteiger partial charge on any atom is -0.319 e. The van der Waals surface area contributed by atoms with E-state index in [-0.39, 0.29) is 23.8 Å². The fourth-order valence-corrected chi connectivity index (χ4v) is 3.30. The third-order valence-electron chi connectivity index (χ3n) is 4.56. The molecule has 0 spiro atoms. The molecule has 7 nitrogen and oxygen atoms in total. The fraction of sp³-hybridized carbons (Fsp3) is 0.316. The lowest BCUT2D eigenvalue weighted by Gasteiger charge is -2.34. The number of halogens is 1. The first-order chi connectivity index (χ1) is 13.0. The summed E-state index contributed by atoms with van der Waals surface area (Å²) in [6.07, 6.45) is 0. The Labute approximate surface area is 162 Å². The monoisotopic (exact) mass is 388 g/mol. The van der Waals surface area contributed by atoms with Gasteiger partial charge in [0.2, 0.25) is 5.91 Å². The fourth-order valence-electron chi connectivity index (χ4n) is 3.10. The number of para-hydroxylation sites is 2. The molecule has 1 aliphatic rings. The zero-order valence-electron chi connectivity index (χ0n) is 14.8. The van der Waals surface area contributed by atoms with Crippen molar-refractivity contribution >= 4 is 28.9 Å². The second kappa shape index (κ2) is 8.94. The SMILES string of the molecule is O=C(CN1CCN(Cc2ccccc2Cl)CC1)Nc1ccccc1[N+](=O)[O-]. The van der Waals surface area contributed by atoms with E-state index < -0.39 is 4.92 Å². The van der Waals surface area contributed by atoms with Gasteiger partial charge in [0, 0.05) is 43.8 Å². The Morgan fingerprint density at radius 1 is 1.04 bits per heavy atom. The van der Waals surface area contributed by atoms with E-state index in [0.717, 1.165) is 43.3 Å². The van der Waals surface area contributed by atoms with Crippen molar-refractivity contribution in [3.63, 3.8) is 0 Å². The van der Waals surface area contributed by atoms with Crippen LogP contribution in [-0.4, -0.2) is 53.4 Å². The number of anilines is 1. The van der Waals surface area contributed by atoms with Crippen molar-refractivity contribution in [2.24, 2.45) is 0 Å². The number of hydrogen-bond acceptors (Lipinski definition) is 5. The summed E-state index contributed by atoms with van der Waals surface area (Å²) < 4.78 is 0. The van der Waals surface area contributed by atoms with Crippen molar-refractivity contribution in [1.82, 2.24) is 9.80 Å². The summed E-state index contributed by atoms with van der Waals surface area (Å²) in [5, 5.41) is 14.4. The average Bonchev–Trinajstić information content (AvgIpc) is 2.65. The van der Waals surface area contributed by atoms with E-state index >= 15 is 0 Å². The van der Waals surface area contributed by atoms with Crippen molar-refractivity contribution in [3.05, 3.63) is 69.2 Å². The molecule has 0 saturated carbocycles. The summed E-state index contributed by atoms with van der Waals surface area (Å²) >= 11 is 6.22. The minimum absolute atomic E-state index is 0.101. The van der Waals surface area contributed by atoms with Crippen LogP contribution < -0.4 is 5.32 Å². The number of amides is 1. The molecule has 1 fully saturated rings. The molecule has 2 aromatic carbocycles. The van der Waals surface area contributed by atoms with Gasteiger partial charge in [0.25, 0.3) is 5.69 Å². The molecular formula is C19H21ClN4O3. The smallest absolute Gasteiger partial charge is 0.292 e. The van der Waals surface area contributed by atoms with Gasteiger partial charge in [0.05, 0.1) is 11.5 Å². The normalized spacial score (nSPS) is 15.4. The van der Waals surface area contributed by atoms with Crippen molar-refractivity contribution in [1.29, 1.82) is 0 Å². The van der Waals surface area contributed by atoms with Crippen LogP contribution in [0.1, 0.15) is 5.56 Å². The number of nitrogens with one attached hydrogen (secondary N) is 1. The Kier molecular flexibility index (Phi) is 6.39. The van der Waals surface area contributed by atoms with Gasteiger partial charge in [0.15, 0.2) is 0 Å². The Balaban J connectivity index is 1.49. The lowest BCUT2D eigenvalue weighted by molar-refractivity contribution is -0.383. The van der Waals surface area contributed by atoms with Crippen molar-refractivity contribution in [2.45, 2.75) is 6.54 Å². The summed E-state index contributed by atoms with van der Waals surface area (Å²) in [6, 6.07) is 14.0. The highest BCUT2D eigenvalue weighted by Crippen LogP contribution is 2.23. The van der Waals surface area contributed by atoms with E-state index in [4.69, 9.17) is 11.6 Å². The molecule has 0 unspecified atom stereocenters. The zero-order chi connectivity index (χ0) is 19.2. The standard InChI is InChI=1S/C19H21ClN4O3/c20-16-6-2-1-5-15(16)13-22-9-11-23(12-10-22)14-19(25)21-17-7-3-4-8-18(17)24(26)27/h1-8H,9-14H2,(H,21,25). The maximum atomic E-state index is 12.3. The van der Waals surface area contributed by atoms with Crippen LogP contribution in [-0.2, 0) is 11.3 Å². The van der Waals surface area contributed by atoms with Crippen LogP contribution in [0.15, 0.2) is 48.5 Å². The maximum absolute atomic E-state index is 12.3. The minimum atomic E-state index is -0.497. The largest absolute Gasteiger partial charge is 0.319 e. The Hall–Kier alpha value is -2.48. The second-order valence-corrected chi connectivity index (χ2v) is 6.87. The molecule has 1 N–H and O–H groups in total. The summed E-state index contributed by atoms with van der Waals surface area (Å²) in [5.41, 5.74) is 1.22. The van der Waals surface area contributed by atoms with Gasteiger partial charge in [-0.2, -0.15) is 0 Å². The molecule has 1 amide bonds. The van der Waals surface area contributed by atoms with Gasteiger partial charge in [-0.3, -0.25) is 24.7 Å². The van der Waals surface area contributed by atoms with E-state index in [1.54, 1.807) is 12.1 Å². The molecule has 8 heteroatoms. The molecule has 1 saturated heterocycles. The lowest BCUT2D eigenvalue weighted by Crippen LogP contribution is -2.48. The Morgan fingerprint density at radius 3 is 2.37 bits per heavy atom. The molecule has 27 heavy (non-hydrogen) atoms. The first kappa shape index (κ1) is 19.3. The van der Waals surface area contributed by atoms with E-state index in [1.165, 1.54) is 12.1 Å². The number of rotatable bonds is 6. The maximum Gasteiger partial charge on any atom is 0.292 e. The van der Waals surface area contributed by atoms with Crippen LogP contribution in [0.5, 0.6) is 0 Å². The van der Waals surface area contributed by atoms with Crippen molar-refractivity contribution in [3.8, 4) is 0 Å². The summed E-state index contributed by atoms with van der Waals surface area (Å²) in [6.45, 7) is 4.19. The third kappa shape index (κ3) is 5.26. The van der Waals surface area contributed by atoms with Crippen LogP contribution in [0.4, 0.5) is 11.4 Å². The Bertz CT molecular complexity index is 822. The first-order valence-corrected chi connectivity index (χ1v) is 9.12. The highest BCUT2D eigenvalue weighted by atomic mass is 35.5. The molecular weight excluding hydrogens is 368 g/mol. The summed E-state index contributed by atoms with van der Waals surface area (Å²) in [4.78, 5) is 27.2. The van der Waals surface area contributed by atoms with Gasteiger partial charge in [-0.15, -0.1) is 0 Å². The number of hydrogen-bond donors (Lipinski definition) is 1. The first-order valence-electron chi connectivity index (χ1n) is 8.74. The van der Waals surface area contributed by atoms with Crippen LogP contribution in [0.25, 0.3) is 0 Å². The van der Waals surface area contributed by atoms with Crippen LogP contribution in [0.2, 0.25) is 5.02 Å². The van der Waals surface area contributed by atoms with Crippen molar-refractivity contribution < 1.29 is 9.72 Å². The van der Waals surface area contributed by atoms with Crippen molar-refractivity contribution in [2.75, 3.05) is 38.0 Å². The van der Waals surface area contributed by atoms with Gasteiger partial charge in [0.1, 0.15) is 5.69 Å². The molecule has 142 valence electrons. The van der Waals surface area contributed by atoms with E-state index in [2.05, 4.69) is 10.2 Å². The van der Waals surface area contributed by atoms with Gasteiger partial charge in [-0.25, -0.2) is 0 Å². The number of nitro benzene ring substituents is 1. The van der Waals surface area contributed by atoms with E-state index in [0.29, 0.717) is 0 Å². The van der Waals surface area contributed by atoms with E-state index in [9.17, 15) is 14.9 Å². The number of carbonyl (C=O) groups excluding carboxylic acids is 1. The van der Waals surface area contributed by atoms with Gasteiger partial charge >= 0.3 is 0 Å². The molecule has 0 bridgehead atoms. The molecule has 0 atom stereocenters. The highest BCUT2D eigenvalue weighted by Gasteiger charge is 2.21. The molecule has 0 radical (unpaired) electrons. The van der Waals surface area contributed by atoms with Crippen LogP contribution in [0.3, 0.4) is 0 Å². The lowest BCUT2D eigenvalue weighted by atomic mass is 10.2. The quantitative estimate of drug-likeness (QED) is 0.608. The topological polar surface area (TPSA) is 78.7 Å². The predicted octanol–water partition coefficient (Wildman–Crippen LogP) is 3.00. The summed E-state index contributed by atoms with van der Waals surface area (Å²) in [5.74, 6) is -0.246. The number of piperazine rings is 1.